The molecule has 0 aliphatic carbocycles. The molecular weight excluding hydrogens is 411 g/mol. The van der Waals surface area contributed by atoms with Crippen LogP contribution in [0.3, 0.4) is 0 Å². The van der Waals surface area contributed by atoms with Crippen LogP contribution in [0.1, 0.15) is 35.6 Å². The van der Waals surface area contributed by atoms with Crippen molar-refractivity contribution >= 4 is 24.8 Å². The summed E-state index contributed by atoms with van der Waals surface area (Å²) in [7, 11) is 7.88. The Bertz CT molecular complexity index is 1200. The van der Waals surface area contributed by atoms with Gasteiger partial charge in [0.25, 0.3) is 0 Å². The summed E-state index contributed by atoms with van der Waals surface area (Å²) < 4.78 is 7.05. The number of likely N-dealkylation sites (tertiary alicyclic amines) is 1. The second-order valence-corrected chi connectivity index (χ2v) is 8.51. The maximum Gasteiger partial charge on any atom is 0.150 e. The molecule has 1 fully saturated rings. The molecule has 5 rings (SSSR count). The Morgan fingerprint density at radius 2 is 1.91 bits per heavy atom. The van der Waals surface area contributed by atoms with E-state index < -0.39 is 0 Å². The van der Waals surface area contributed by atoms with Crippen LogP contribution in [0.25, 0.3) is 5.65 Å². The lowest BCUT2D eigenvalue weighted by molar-refractivity contribution is 0.203. The molecule has 0 unspecified atom stereocenters. The topological polar surface area (TPSA) is 67.6 Å². The van der Waals surface area contributed by atoms with E-state index in [9.17, 15) is 0 Å². The van der Waals surface area contributed by atoms with Crippen molar-refractivity contribution in [1.82, 2.24) is 24.5 Å². The lowest BCUT2D eigenvalue weighted by Gasteiger charge is -2.32. The van der Waals surface area contributed by atoms with Crippen LogP contribution in [0.2, 0.25) is 0 Å². The maximum absolute atomic E-state index is 6.18. The molecule has 1 aliphatic heterocycles. The highest BCUT2D eigenvalue weighted by Gasteiger charge is 2.23. The lowest BCUT2D eigenvalue weighted by Crippen LogP contribution is -2.32. The van der Waals surface area contributed by atoms with Crippen molar-refractivity contribution in [3.05, 3.63) is 77.9 Å². The Labute approximate surface area is 195 Å². The standard InChI is InChI=1S/C25H27BN6O/c1-33-21-6-4-18(5-7-21)17-31-11-8-20(9-12-31)23-13-24(28-15-19-3-2-10-27-14-19)32-25(30-23)22(26)16-29-32/h2-7,10,13-14,16,20,28H,8-9,11-12,15,17H2,1H3. The Balaban J connectivity index is 1.28. The summed E-state index contributed by atoms with van der Waals surface area (Å²) >= 11 is 0. The summed E-state index contributed by atoms with van der Waals surface area (Å²) in [5.74, 6) is 2.19. The number of anilines is 1. The first kappa shape index (κ1) is 21.5. The largest absolute Gasteiger partial charge is 0.497 e. The van der Waals surface area contributed by atoms with Crippen molar-refractivity contribution in [1.29, 1.82) is 0 Å². The van der Waals surface area contributed by atoms with Crippen LogP contribution in [-0.2, 0) is 13.1 Å². The SMILES string of the molecule is [B]c1cnn2c(NCc3cccnc3)cc(C3CCN(Cc4ccc(OC)cc4)CC3)nc12. The first-order valence-electron chi connectivity index (χ1n) is 11.3. The zero-order chi connectivity index (χ0) is 22.6. The van der Waals surface area contributed by atoms with Crippen molar-refractivity contribution in [2.24, 2.45) is 0 Å². The fraction of sp³-hybridized carbons (Fsp3) is 0.320. The molecule has 166 valence electrons. The number of nitrogens with one attached hydrogen (secondary N) is 1. The zero-order valence-electron chi connectivity index (χ0n) is 18.8. The van der Waals surface area contributed by atoms with E-state index in [-0.39, 0.29) is 0 Å². The first-order chi connectivity index (χ1) is 16.2. The highest BCUT2D eigenvalue weighted by Crippen LogP contribution is 2.29. The molecule has 2 radical (unpaired) electrons. The number of nitrogens with zero attached hydrogens (tertiary/aromatic N) is 5. The number of hydrogen-bond donors (Lipinski definition) is 1. The van der Waals surface area contributed by atoms with E-state index in [2.05, 4.69) is 44.6 Å². The van der Waals surface area contributed by atoms with Crippen LogP contribution in [0.15, 0.2) is 61.1 Å². The minimum Gasteiger partial charge on any atom is -0.497 e. The van der Waals surface area contributed by atoms with E-state index in [0.29, 0.717) is 23.6 Å². The van der Waals surface area contributed by atoms with Gasteiger partial charge < -0.3 is 10.1 Å². The van der Waals surface area contributed by atoms with E-state index in [0.717, 1.165) is 55.3 Å². The molecule has 8 heteroatoms. The number of fused-ring (bicyclic) bond motifs is 1. The smallest absolute Gasteiger partial charge is 0.150 e. The Hall–Kier alpha value is -3.39. The molecular formula is C25H27BN6O. The van der Waals surface area contributed by atoms with Crippen LogP contribution >= 0.6 is 0 Å². The Morgan fingerprint density at radius 1 is 1.09 bits per heavy atom. The minimum absolute atomic E-state index is 0.398. The Morgan fingerprint density at radius 3 is 2.64 bits per heavy atom. The third-order valence-corrected chi connectivity index (χ3v) is 6.29. The van der Waals surface area contributed by atoms with E-state index in [1.165, 1.54) is 5.56 Å². The van der Waals surface area contributed by atoms with Gasteiger partial charge >= 0.3 is 0 Å². The quantitative estimate of drug-likeness (QED) is 0.448. The number of hydrogen-bond acceptors (Lipinski definition) is 6. The summed E-state index contributed by atoms with van der Waals surface area (Å²) in [4.78, 5) is 11.6. The number of methoxy groups -OCH3 is 1. The molecule has 33 heavy (non-hydrogen) atoms. The number of ether oxygens (including phenoxy) is 1. The van der Waals surface area contributed by atoms with Crippen LogP contribution in [0, 0.1) is 0 Å². The van der Waals surface area contributed by atoms with E-state index in [1.807, 2.05) is 24.4 Å². The summed E-state index contributed by atoms with van der Waals surface area (Å²) in [6.07, 6.45) is 7.44. The van der Waals surface area contributed by atoms with Gasteiger partial charge in [-0.3, -0.25) is 9.88 Å². The van der Waals surface area contributed by atoms with Gasteiger partial charge in [-0.05, 0) is 60.7 Å². The van der Waals surface area contributed by atoms with Crippen LogP contribution < -0.4 is 15.5 Å². The predicted octanol–water partition coefficient (Wildman–Crippen LogP) is 2.92. The van der Waals surface area contributed by atoms with Gasteiger partial charge in [-0.25, -0.2) is 4.98 Å². The van der Waals surface area contributed by atoms with Gasteiger partial charge in [0.05, 0.1) is 7.11 Å². The summed E-state index contributed by atoms with van der Waals surface area (Å²) in [5, 5.41) is 7.91. The van der Waals surface area contributed by atoms with Gasteiger partial charge in [0, 0.05) is 49.4 Å². The molecule has 1 N–H and O–H groups in total. The number of rotatable bonds is 7. The highest BCUT2D eigenvalue weighted by molar-refractivity contribution is 6.36. The van der Waals surface area contributed by atoms with E-state index in [1.54, 1.807) is 24.0 Å². The van der Waals surface area contributed by atoms with Crippen LogP contribution in [0.5, 0.6) is 5.75 Å². The van der Waals surface area contributed by atoms with Gasteiger partial charge in [0.2, 0.25) is 0 Å². The number of benzene rings is 1. The van der Waals surface area contributed by atoms with Crippen molar-refractivity contribution in [3.63, 3.8) is 0 Å². The average Bonchev–Trinajstić information content (AvgIpc) is 3.25. The third-order valence-electron chi connectivity index (χ3n) is 6.29. The maximum atomic E-state index is 6.18. The second kappa shape index (κ2) is 9.62. The van der Waals surface area contributed by atoms with Crippen molar-refractivity contribution < 1.29 is 4.74 Å². The predicted molar refractivity (Wildman–Crippen MR) is 130 cm³/mol. The van der Waals surface area contributed by atoms with Gasteiger partial charge in [-0.15, -0.1) is 0 Å². The van der Waals surface area contributed by atoms with Gasteiger partial charge in [-0.2, -0.15) is 9.61 Å². The lowest BCUT2D eigenvalue weighted by atomic mass is 9.92. The fourth-order valence-electron chi connectivity index (χ4n) is 4.40. The number of pyridine rings is 1. The zero-order valence-corrected chi connectivity index (χ0v) is 18.8. The molecule has 1 aliphatic rings. The molecule has 0 spiro atoms. The average molecular weight is 438 g/mol. The Kier molecular flexibility index (Phi) is 6.26. The number of aromatic nitrogens is 4. The fourth-order valence-corrected chi connectivity index (χ4v) is 4.40. The molecule has 0 amide bonds. The van der Waals surface area contributed by atoms with Crippen LogP contribution in [-0.4, -0.2) is 52.5 Å². The molecule has 7 nitrogen and oxygen atoms in total. The van der Waals surface area contributed by atoms with Crippen molar-refractivity contribution in [2.75, 3.05) is 25.5 Å². The van der Waals surface area contributed by atoms with E-state index >= 15 is 0 Å². The minimum atomic E-state index is 0.398. The summed E-state index contributed by atoms with van der Waals surface area (Å²) in [6, 6.07) is 14.4. The molecule has 3 aromatic heterocycles. The van der Waals surface area contributed by atoms with Crippen LogP contribution in [0.4, 0.5) is 5.82 Å². The van der Waals surface area contributed by atoms with Gasteiger partial charge in [-0.1, -0.05) is 18.2 Å². The van der Waals surface area contributed by atoms with Crippen molar-refractivity contribution in [3.8, 4) is 5.75 Å². The summed E-state index contributed by atoms with van der Waals surface area (Å²) in [5.41, 5.74) is 4.80. The third kappa shape index (κ3) is 4.85. The molecule has 1 aromatic carbocycles. The molecule has 4 heterocycles. The monoisotopic (exact) mass is 438 g/mol. The number of piperidine rings is 1. The normalized spacial score (nSPS) is 15.1. The molecule has 1 saturated heterocycles. The van der Waals surface area contributed by atoms with Gasteiger partial charge in [0.15, 0.2) is 0 Å². The van der Waals surface area contributed by atoms with Gasteiger partial charge in [0.1, 0.15) is 25.1 Å². The molecule has 4 aromatic rings. The van der Waals surface area contributed by atoms with Crippen molar-refractivity contribution in [2.45, 2.75) is 31.8 Å². The second-order valence-electron chi connectivity index (χ2n) is 8.51. The molecule has 0 bridgehead atoms. The summed E-state index contributed by atoms with van der Waals surface area (Å²) in [6.45, 7) is 3.69. The molecule has 0 saturated carbocycles. The molecule has 0 atom stereocenters. The first-order valence-corrected chi connectivity index (χ1v) is 11.3. The highest BCUT2D eigenvalue weighted by atomic mass is 16.5. The van der Waals surface area contributed by atoms with E-state index in [4.69, 9.17) is 17.6 Å².